The molecule has 126 valence electrons. The zero-order valence-corrected chi connectivity index (χ0v) is 13.8. The Morgan fingerprint density at radius 1 is 1.26 bits per heavy atom. The van der Waals surface area contributed by atoms with Gasteiger partial charge in [-0.15, -0.1) is 0 Å². The predicted octanol–water partition coefficient (Wildman–Crippen LogP) is 2.97. The van der Waals surface area contributed by atoms with E-state index in [1.165, 1.54) is 6.42 Å². The number of aldehydes is 1. The van der Waals surface area contributed by atoms with Crippen molar-refractivity contribution < 1.29 is 19.1 Å². The Hall–Kier alpha value is -2.04. The minimum atomic E-state index is -0.120. The molecule has 1 N–H and O–H groups in total. The first-order chi connectivity index (χ1) is 11.1. The van der Waals surface area contributed by atoms with E-state index in [-0.39, 0.29) is 18.6 Å². The second-order valence-corrected chi connectivity index (χ2v) is 5.98. The number of hydrogen-bond acceptors (Lipinski definition) is 4. The molecule has 1 amide bonds. The van der Waals surface area contributed by atoms with Gasteiger partial charge in [0.15, 0.2) is 18.1 Å². The number of nitrogens with one attached hydrogen (secondary N) is 1. The first-order valence-electron chi connectivity index (χ1n) is 8.28. The molecule has 0 radical (unpaired) electrons. The molecule has 1 aliphatic rings. The molecule has 0 saturated heterocycles. The number of ether oxygens (including phenoxy) is 2. The van der Waals surface area contributed by atoms with Crippen LogP contribution in [-0.4, -0.2) is 31.4 Å². The van der Waals surface area contributed by atoms with Crippen LogP contribution in [-0.2, 0) is 4.79 Å². The van der Waals surface area contributed by atoms with Gasteiger partial charge in [-0.25, -0.2) is 0 Å². The fraction of sp³-hybridized carbons (Fsp3) is 0.556. The van der Waals surface area contributed by atoms with Crippen molar-refractivity contribution in [1.82, 2.24) is 5.32 Å². The van der Waals surface area contributed by atoms with Crippen LogP contribution in [0.1, 0.15) is 49.9 Å². The summed E-state index contributed by atoms with van der Waals surface area (Å²) in [7, 11) is 0. The molecule has 0 aliphatic heterocycles. The lowest BCUT2D eigenvalue weighted by Gasteiger charge is -2.29. The smallest absolute Gasteiger partial charge is 0.258 e. The summed E-state index contributed by atoms with van der Waals surface area (Å²) in [5.74, 6) is 1.35. The van der Waals surface area contributed by atoms with Gasteiger partial charge in [0.2, 0.25) is 0 Å². The van der Waals surface area contributed by atoms with E-state index in [2.05, 4.69) is 12.2 Å². The van der Waals surface area contributed by atoms with Crippen LogP contribution >= 0.6 is 0 Å². The van der Waals surface area contributed by atoms with Crippen LogP contribution in [0.2, 0.25) is 0 Å². The van der Waals surface area contributed by atoms with Crippen molar-refractivity contribution in [3.63, 3.8) is 0 Å². The van der Waals surface area contributed by atoms with E-state index in [0.717, 1.165) is 25.5 Å². The van der Waals surface area contributed by atoms with Gasteiger partial charge in [-0.1, -0.05) is 19.8 Å². The van der Waals surface area contributed by atoms with E-state index in [1.807, 2.05) is 6.92 Å². The standard InChI is InChI=1S/C18H25NO4/c1-3-22-17-10-14(11-20)8-9-16(17)23-12-18(21)19-15-7-5-4-6-13(15)2/h8-11,13,15H,3-7,12H2,1-2H3,(H,19,21)/t13-,15+/m1/s1. The first kappa shape index (κ1) is 17.3. The van der Waals surface area contributed by atoms with Crippen molar-refractivity contribution in [1.29, 1.82) is 0 Å². The van der Waals surface area contributed by atoms with Gasteiger partial charge in [0.1, 0.15) is 6.29 Å². The minimum absolute atomic E-state index is 0.0519. The highest BCUT2D eigenvalue weighted by Crippen LogP contribution is 2.28. The lowest BCUT2D eigenvalue weighted by atomic mass is 9.86. The van der Waals surface area contributed by atoms with E-state index < -0.39 is 0 Å². The van der Waals surface area contributed by atoms with Crippen molar-refractivity contribution in [2.24, 2.45) is 5.92 Å². The third-order valence-corrected chi connectivity index (χ3v) is 4.22. The topological polar surface area (TPSA) is 64.6 Å². The number of benzene rings is 1. The van der Waals surface area contributed by atoms with Gasteiger partial charge in [0, 0.05) is 11.6 Å². The van der Waals surface area contributed by atoms with Crippen molar-refractivity contribution in [2.75, 3.05) is 13.2 Å². The summed E-state index contributed by atoms with van der Waals surface area (Å²) < 4.78 is 11.0. The Labute approximate surface area is 137 Å². The van der Waals surface area contributed by atoms with Gasteiger partial charge in [-0.2, -0.15) is 0 Å². The highest BCUT2D eigenvalue weighted by atomic mass is 16.5. The molecule has 1 aromatic carbocycles. The van der Waals surface area contributed by atoms with Gasteiger partial charge >= 0.3 is 0 Å². The monoisotopic (exact) mass is 319 g/mol. The van der Waals surface area contributed by atoms with Gasteiger partial charge in [0.25, 0.3) is 5.91 Å². The number of hydrogen-bond donors (Lipinski definition) is 1. The van der Waals surface area contributed by atoms with Crippen LogP contribution in [0.4, 0.5) is 0 Å². The molecule has 1 fully saturated rings. The molecule has 0 heterocycles. The summed E-state index contributed by atoms with van der Waals surface area (Å²) in [6, 6.07) is 5.16. The van der Waals surface area contributed by atoms with Gasteiger partial charge in [-0.05, 0) is 43.9 Å². The number of rotatable bonds is 7. The maximum atomic E-state index is 12.1. The molecule has 0 spiro atoms. The summed E-state index contributed by atoms with van der Waals surface area (Å²) in [5, 5.41) is 3.05. The predicted molar refractivity (Wildman–Crippen MR) is 88.1 cm³/mol. The molecule has 1 aromatic rings. The lowest BCUT2D eigenvalue weighted by Crippen LogP contribution is -2.43. The van der Waals surface area contributed by atoms with E-state index in [4.69, 9.17) is 9.47 Å². The van der Waals surface area contributed by atoms with Crippen LogP contribution in [0.3, 0.4) is 0 Å². The summed E-state index contributed by atoms with van der Waals surface area (Å²) in [4.78, 5) is 22.9. The average molecular weight is 319 g/mol. The van der Waals surface area contributed by atoms with Crippen LogP contribution in [0.5, 0.6) is 11.5 Å². The van der Waals surface area contributed by atoms with Crippen molar-refractivity contribution >= 4 is 12.2 Å². The SMILES string of the molecule is CCOc1cc(C=O)ccc1OCC(=O)N[C@H]1CCCC[C@H]1C. The third-order valence-electron chi connectivity index (χ3n) is 4.22. The maximum absolute atomic E-state index is 12.1. The molecule has 23 heavy (non-hydrogen) atoms. The molecule has 2 atom stereocenters. The van der Waals surface area contributed by atoms with Crippen molar-refractivity contribution in [2.45, 2.75) is 45.6 Å². The second kappa shape index (κ2) is 8.56. The van der Waals surface area contributed by atoms with E-state index in [0.29, 0.717) is 29.6 Å². The van der Waals surface area contributed by atoms with Crippen LogP contribution in [0, 0.1) is 5.92 Å². The Kier molecular flexibility index (Phi) is 6.44. The fourth-order valence-electron chi connectivity index (χ4n) is 2.91. The van der Waals surface area contributed by atoms with E-state index in [1.54, 1.807) is 18.2 Å². The molecule has 0 unspecified atom stereocenters. The molecule has 0 bridgehead atoms. The average Bonchev–Trinajstić information content (AvgIpc) is 2.56. The van der Waals surface area contributed by atoms with Crippen LogP contribution in [0.25, 0.3) is 0 Å². The molecular formula is C18H25NO4. The molecule has 1 aliphatic carbocycles. The number of carbonyl (C=O) groups is 2. The Bertz CT molecular complexity index is 544. The number of amides is 1. The Balaban J connectivity index is 1.91. The largest absolute Gasteiger partial charge is 0.490 e. The van der Waals surface area contributed by atoms with Crippen LogP contribution in [0.15, 0.2) is 18.2 Å². The zero-order chi connectivity index (χ0) is 16.7. The highest BCUT2D eigenvalue weighted by molar-refractivity contribution is 5.78. The first-order valence-corrected chi connectivity index (χ1v) is 8.28. The Morgan fingerprint density at radius 2 is 2.04 bits per heavy atom. The summed E-state index contributed by atoms with van der Waals surface area (Å²) in [6.45, 7) is 4.44. The molecule has 0 aromatic heterocycles. The second-order valence-electron chi connectivity index (χ2n) is 5.98. The molecule has 5 heteroatoms. The number of carbonyl (C=O) groups excluding carboxylic acids is 2. The molecule has 5 nitrogen and oxygen atoms in total. The van der Waals surface area contributed by atoms with E-state index in [9.17, 15) is 9.59 Å². The van der Waals surface area contributed by atoms with E-state index >= 15 is 0 Å². The fourth-order valence-corrected chi connectivity index (χ4v) is 2.91. The summed E-state index contributed by atoms with van der Waals surface area (Å²) in [6.07, 6.45) is 5.35. The third kappa shape index (κ3) is 4.98. The highest BCUT2D eigenvalue weighted by Gasteiger charge is 2.23. The van der Waals surface area contributed by atoms with Gasteiger partial charge in [0.05, 0.1) is 6.61 Å². The molecule has 1 saturated carbocycles. The van der Waals surface area contributed by atoms with Gasteiger partial charge < -0.3 is 14.8 Å². The van der Waals surface area contributed by atoms with Crippen LogP contribution < -0.4 is 14.8 Å². The maximum Gasteiger partial charge on any atom is 0.258 e. The minimum Gasteiger partial charge on any atom is -0.490 e. The summed E-state index contributed by atoms with van der Waals surface area (Å²) >= 11 is 0. The lowest BCUT2D eigenvalue weighted by molar-refractivity contribution is -0.124. The quantitative estimate of drug-likeness (QED) is 0.785. The van der Waals surface area contributed by atoms with Crippen molar-refractivity contribution in [3.8, 4) is 11.5 Å². The normalized spacial score (nSPS) is 20.6. The summed E-state index contributed by atoms with van der Waals surface area (Å²) in [5.41, 5.74) is 0.515. The van der Waals surface area contributed by atoms with Crippen molar-refractivity contribution in [3.05, 3.63) is 23.8 Å². The van der Waals surface area contributed by atoms with Gasteiger partial charge in [-0.3, -0.25) is 9.59 Å². The Morgan fingerprint density at radius 3 is 2.74 bits per heavy atom. The molecular weight excluding hydrogens is 294 g/mol. The molecule has 2 rings (SSSR count). The zero-order valence-electron chi connectivity index (χ0n) is 13.8.